The molecule has 2 fully saturated rings. The predicted molar refractivity (Wildman–Crippen MR) is 87.4 cm³/mol. The largest absolute Gasteiger partial charge is 0.493 e. The summed E-state index contributed by atoms with van der Waals surface area (Å²) in [7, 11) is 0. The van der Waals surface area contributed by atoms with Crippen LogP contribution in [-0.4, -0.2) is 48.2 Å². The van der Waals surface area contributed by atoms with Gasteiger partial charge < -0.3 is 14.4 Å². The van der Waals surface area contributed by atoms with Crippen LogP contribution in [0.2, 0.25) is 0 Å². The number of pyridine rings is 1. The van der Waals surface area contributed by atoms with Gasteiger partial charge in [0.2, 0.25) is 0 Å². The summed E-state index contributed by atoms with van der Waals surface area (Å²) < 4.78 is 11.5. The SMILES string of the molecule is Cc1cnccc1OCC1CCN(C(=O)C2CCCCO2)CC1. The van der Waals surface area contributed by atoms with E-state index in [1.165, 1.54) is 0 Å². The van der Waals surface area contributed by atoms with E-state index >= 15 is 0 Å². The number of carbonyl (C=O) groups is 1. The lowest BCUT2D eigenvalue weighted by Gasteiger charge is -2.35. The number of aryl methyl sites for hydroxylation is 1. The molecule has 2 aliphatic rings. The average Bonchev–Trinajstić information content (AvgIpc) is 2.62. The van der Waals surface area contributed by atoms with Gasteiger partial charge in [-0.25, -0.2) is 0 Å². The number of ether oxygens (including phenoxy) is 2. The Morgan fingerprint density at radius 2 is 2.17 bits per heavy atom. The molecule has 2 saturated heterocycles. The molecular formula is C18H26N2O3. The van der Waals surface area contributed by atoms with E-state index in [9.17, 15) is 4.79 Å². The van der Waals surface area contributed by atoms with Crippen LogP contribution < -0.4 is 4.74 Å². The smallest absolute Gasteiger partial charge is 0.251 e. The highest BCUT2D eigenvalue weighted by Crippen LogP contribution is 2.23. The first-order valence-electron chi connectivity index (χ1n) is 8.68. The molecule has 3 rings (SSSR count). The van der Waals surface area contributed by atoms with Gasteiger partial charge in [0.15, 0.2) is 0 Å². The Morgan fingerprint density at radius 3 is 2.87 bits per heavy atom. The lowest BCUT2D eigenvalue weighted by molar-refractivity contribution is -0.148. The number of likely N-dealkylation sites (tertiary alicyclic amines) is 1. The van der Waals surface area contributed by atoms with Gasteiger partial charge in [0.25, 0.3) is 5.91 Å². The molecule has 1 amide bonds. The Kier molecular flexibility index (Phi) is 5.49. The zero-order valence-electron chi connectivity index (χ0n) is 13.9. The number of amides is 1. The van der Waals surface area contributed by atoms with Crippen molar-refractivity contribution in [2.24, 2.45) is 5.92 Å². The van der Waals surface area contributed by atoms with Crippen LogP contribution in [0.5, 0.6) is 5.75 Å². The van der Waals surface area contributed by atoms with E-state index in [0.717, 1.165) is 63.1 Å². The molecule has 1 aromatic rings. The summed E-state index contributed by atoms with van der Waals surface area (Å²) in [5.74, 6) is 1.61. The number of aromatic nitrogens is 1. The molecule has 2 aliphatic heterocycles. The van der Waals surface area contributed by atoms with Gasteiger partial charge in [0.1, 0.15) is 11.9 Å². The first kappa shape index (κ1) is 16.2. The number of piperidine rings is 1. The van der Waals surface area contributed by atoms with E-state index in [1.807, 2.05) is 24.1 Å². The zero-order valence-corrected chi connectivity index (χ0v) is 13.9. The van der Waals surface area contributed by atoms with E-state index in [2.05, 4.69) is 4.98 Å². The number of hydrogen-bond donors (Lipinski definition) is 0. The van der Waals surface area contributed by atoms with Crippen LogP contribution in [0.4, 0.5) is 0 Å². The highest BCUT2D eigenvalue weighted by atomic mass is 16.5. The normalized spacial score (nSPS) is 22.8. The molecule has 0 saturated carbocycles. The van der Waals surface area contributed by atoms with Gasteiger partial charge in [-0.15, -0.1) is 0 Å². The van der Waals surface area contributed by atoms with Crippen molar-refractivity contribution in [3.05, 3.63) is 24.0 Å². The van der Waals surface area contributed by atoms with Crippen LogP contribution in [-0.2, 0) is 9.53 Å². The number of rotatable bonds is 4. The molecule has 126 valence electrons. The van der Waals surface area contributed by atoms with Crippen LogP contribution in [0.3, 0.4) is 0 Å². The fourth-order valence-electron chi connectivity index (χ4n) is 3.29. The van der Waals surface area contributed by atoms with Crippen molar-refractivity contribution in [1.29, 1.82) is 0 Å². The number of hydrogen-bond acceptors (Lipinski definition) is 4. The zero-order chi connectivity index (χ0) is 16.1. The molecule has 1 atom stereocenters. The van der Waals surface area contributed by atoms with E-state index < -0.39 is 0 Å². The van der Waals surface area contributed by atoms with Crippen LogP contribution in [0, 0.1) is 12.8 Å². The third kappa shape index (κ3) is 4.22. The van der Waals surface area contributed by atoms with E-state index in [1.54, 1.807) is 6.20 Å². The molecule has 0 N–H and O–H groups in total. The van der Waals surface area contributed by atoms with Crippen LogP contribution in [0.25, 0.3) is 0 Å². The fourth-order valence-corrected chi connectivity index (χ4v) is 3.29. The Balaban J connectivity index is 1.43. The summed E-state index contributed by atoms with van der Waals surface area (Å²) in [4.78, 5) is 18.5. The summed E-state index contributed by atoms with van der Waals surface area (Å²) in [5, 5.41) is 0. The van der Waals surface area contributed by atoms with Crippen molar-refractivity contribution in [2.75, 3.05) is 26.3 Å². The lowest BCUT2D eigenvalue weighted by atomic mass is 9.97. The summed E-state index contributed by atoms with van der Waals surface area (Å²) in [6, 6.07) is 1.91. The van der Waals surface area contributed by atoms with E-state index in [0.29, 0.717) is 12.5 Å². The minimum Gasteiger partial charge on any atom is -0.493 e. The summed E-state index contributed by atoms with van der Waals surface area (Å²) >= 11 is 0. The molecule has 0 radical (unpaired) electrons. The molecule has 23 heavy (non-hydrogen) atoms. The third-order valence-corrected chi connectivity index (χ3v) is 4.82. The van der Waals surface area contributed by atoms with Crippen molar-refractivity contribution in [1.82, 2.24) is 9.88 Å². The van der Waals surface area contributed by atoms with Crippen molar-refractivity contribution in [3.63, 3.8) is 0 Å². The van der Waals surface area contributed by atoms with Gasteiger partial charge in [0, 0.05) is 37.7 Å². The minimum absolute atomic E-state index is 0.189. The molecule has 1 aromatic heterocycles. The standard InChI is InChI=1S/C18H26N2O3/c1-14-12-19-8-5-16(14)23-13-15-6-9-20(10-7-15)18(21)17-4-2-3-11-22-17/h5,8,12,15,17H,2-4,6-7,9-11,13H2,1H3. The van der Waals surface area contributed by atoms with Gasteiger partial charge in [-0.05, 0) is 51.0 Å². The maximum Gasteiger partial charge on any atom is 0.251 e. The Bertz CT molecular complexity index is 521. The molecule has 5 nitrogen and oxygen atoms in total. The fraction of sp³-hybridized carbons (Fsp3) is 0.667. The van der Waals surface area contributed by atoms with Gasteiger partial charge in [-0.3, -0.25) is 9.78 Å². The lowest BCUT2D eigenvalue weighted by Crippen LogP contribution is -2.46. The molecule has 3 heterocycles. The van der Waals surface area contributed by atoms with Crippen LogP contribution in [0.15, 0.2) is 18.5 Å². The molecule has 0 spiro atoms. The van der Waals surface area contributed by atoms with Crippen molar-refractivity contribution < 1.29 is 14.3 Å². The number of nitrogens with zero attached hydrogens (tertiary/aromatic N) is 2. The average molecular weight is 318 g/mol. The van der Waals surface area contributed by atoms with Gasteiger partial charge in [-0.2, -0.15) is 0 Å². The molecule has 0 aliphatic carbocycles. The molecule has 1 unspecified atom stereocenters. The van der Waals surface area contributed by atoms with Crippen LogP contribution in [0.1, 0.15) is 37.7 Å². The second-order valence-electron chi connectivity index (χ2n) is 6.58. The third-order valence-electron chi connectivity index (χ3n) is 4.82. The Labute approximate surface area is 138 Å². The second kappa shape index (κ2) is 7.77. The predicted octanol–water partition coefficient (Wildman–Crippen LogP) is 2.58. The first-order chi connectivity index (χ1) is 11.2. The quantitative estimate of drug-likeness (QED) is 0.856. The van der Waals surface area contributed by atoms with E-state index in [-0.39, 0.29) is 12.0 Å². The van der Waals surface area contributed by atoms with Crippen molar-refractivity contribution in [2.45, 2.75) is 45.1 Å². The first-order valence-corrected chi connectivity index (χ1v) is 8.68. The highest BCUT2D eigenvalue weighted by molar-refractivity contribution is 5.81. The molecule has 5 heteroatoms. The topological polar surface area (TPSA) is 51.7 Å². The molecular weight excluding hydrogens is 292 g/mol. The molecule has 0 bridgehead atoms. The minimum atomic E-state index is -0.198. The highest BCUT2D eigenvalue weighted by Gasteiger charge is 2.30. The maximum absolute atomic E-state index is 12.4. The van der Waals surface area contributed by atoms with E-state index in [4.69, 9.17) is 9.47 Å². The van der Waals surface area contributed by atoms with Gasteiger partial charge in [0.05, 0.1) is 6.61 Å². The summed E-state index contributed by atoms with van der Waals surface area (Å²) in [6.45, 7) is 5.09. The van der Waals surface area contributed by atoms with Crippen molar-refractivity contribution in [3.8, 4) is 5.75 Å². The summed E-state index contributed by atoms with van der Waals surface area (Å²) in [5.41, 5.74) is 1.06. The van der Waals surface area contributed by atoms with Crippen LogP contribution >= 0.6 is 0 Å². The van der Waals surface area contributed by atoms with Crippen molar-refractivity contribution >= 4 is 5.91 Å². The van der Waals surface area contributed by atoms with Gasteiger partial charge >= 0.3 is 0 Å². The monoisotopic (exact) mass is 318 g/mol. The molecule has 0 aromatic carbocycles. The summed E-state index contributed by atoms with van der Waals surface area (Å²) in [6.07, 6.45) is 8.45. The maximum atomic E-state index is 12.4. The van der Waals surface area contributed by atoms with Gasteiger partial charge in [-0.1, -0.05) is 0 Å². The Hall–Kier alpha value is -1.62. The Morgan fingerprint density at radius 1 is 1.35 bits per heavy atom. The number of carbonyl (C=O) groups excluding carboxylic acids is 1. The second-order valence-corrected chi connectivity index (χ2v) is 6.58.